The van der Waals surface area contributed by atoms with Crippen LogP contribution in [0.4, 0.5) is 20.3 Å². The van der Waals surface area contributed by atoms with E-state index in [0.29, 0.717) is 28.0 Å². The van der Waals surface area contributed by atoms with Gasteiger partial charge in [0.1, 0.15) is 5.82 Å². The first-order valence-corrected chi connectivity index (χ1v) is 6.77. The van der Waals surface area contributed by atoms with Crippen molar-refractivity contribution in [2.24, 2.45) is 0 Å². The van der Waals surface area contributed by atoms with E-state index in [1.54, 1.807) is 19.2 Å². The van der Waals surface area contributed by atoms with Gasteiger partial charge in [-0.05, 0) is 18.2 Å². The number of halogens is 2. The molecule has 0 amide bonds. The number of alkyl halides is 2. The maximum atomic E-state index is 12.3. The monoisotopic (exact) mass is 311 g/mol. The van der Waals surface area contributed by atoms with Crippen molar-refractivity contribution in [3.63, 3.8) is 0 Å². The second-order valence-corrected chi connectivity index (χ2v) is 5.04. The predicted octanol–water partition coefficient (Wildman–Crippen LogP) is 4.01. The van der Waals surface area contributed by atoms with Crippen molar-refractivity contribution in [2.75, 3.05) is 12.4 Å². The molecule has 8 heteroatoms. The molecule has 110 valence electrons. The highest BCUT2D eigenvalue weighted by molar-refractivity contribution is 7.99. The van der Waals surface area contributed by atoms with Crippen molar-refractivity contribution in [1.29, 1.82) is 0 Å². The standard InChI is InChI=1S/C13H11F2N3O2S/c1-16-11-7-6-10(18(19)20)12(17-11)8-2-4-9(5-3-8)21-13(14)15/h2-7,13H,1H3,(H,16,17). The van der Waals surface area contributed by atoms with E-state index in [0.717, 1.165) is 0 Å². The highest BCUT2D eigenvalue weighted by Gasteiger charge is 2.17. The number of thioether (sulfide) groups is 1. The third-order valence-electron chi connectivity index (χ3n) is 2.68. The molecule has 1 aromatic heterocycles. The highest BCUT2D eigenvalue weighted by atomic mass is 32.2. The van der Waals surface area contributed by atoms with Crippen molar-refractivity contribution in [3.05, 3.63) is 46.5 Å². The largest absolute Gasteiger partial charge is 0.373 e. The van der Waals surface area contributed by atoms with Gasteiger partial charge in [0.2, 0.25) is 0 Å². The second kappa shape index (κ2) is 6.49. The lowest BCUT2D eigenvalue weighted by Crippen LogP contribution is -1.98. The molecule has 0 aliphatic heterocycles. The van der Waals surface area contributed by atoms with Gasteiger partial charge in [0.05, 0.1) is 4.92 Å². The Balaban J connectivity index is 2.42. The Morgan fingerprint density at radius 2 is 1.90 bits per heavy atom. The number of nitrogens with zero attached hydrogens (tertiary/aromatic N) is 2. The molecular weight excluding hydrogens is 300 g/mol. The number of pyridine rings is 1. The smallest absolute Gasteiger partial charge is 0.295 e. The summed E-state index contributed by atoms with van der Waals surface area (Å²) >= 11 is 0.421. The lowest BCUT2D eigenvalue weighted by molar-refractivity contribution is -0.384. The van der Waals surface area contributed by atoms with Crippen LogP contribution in [0, 0.1) is 10.1 Å². The summed E-state index contributed by atoms with van der Waals surface area (Å²) < 4.78 is 24.5. The molecule has 0 aliphatic rings. The molecule has 21 heavy (non-hydrogen) atoms. The van der Waals surface area contributed by atoms with Gasteiger partial charge in [0, 0.05) is 23.6 Å². The molecule has 2 rings (SSSR count). The van der Waals surface area contributed by atoms with E-state index >= 15 is 0 Å². The molecule has 1 N–H and O–H groups in total. The number of hydrogen-bond acceptors (Lipinski definition) is 5. The zero-order chi connectivity index (χ0) is 15.4. The van der Waals surface area contributed by atoms with E-state index in [-0.39, 0.29) is 11.4 Å². The first-order chi connectivity index (χ1) is 10.0. The fourth-order valence-electron chi connectivity index (χ4n) is 1.75. The number of rotatable bonds is 5. The third-order valence-corrected chi connectivity index (χ3v) is 3.40. The molecule has 1 heterocycles. The Bertz CT molecular complexity index is 650. The molecule has 0 fully saturated rings. The van der Waals surface area contributed by atoms with Crippen molar-refractivity contribution < 1.29 is 13.7 Å². The maximum Gasteiger partial charge on any atom is 0.295 e. The average Bonchev–Trinajstić information content (AvgIpc) is 2.46. The zero-order valence-electron chi connectivity index (χ0n) is 10.9. The number of benzene rings is 1. The number of aromatic nitrogens is 1. The molecule has 0 bridgehead atoms. The topological polar surface area (TPSA) is 68.1 Å². The van der Waals surface area contributed by atoms with E-state index < -0.39 is 10.7 Å². The maximum absolute atomic E-state index is 12.3. The summed E-state index contributed by atoms with van der Waals surface area (Å²) in [6, 6.07) is 8.92. The summed E-state index contributed by atoms with van der Waals surface area (Å²) in [5.41, 5.74) is 0.557. The van der Waals surface area contributed by atoms with Crippen LogP contribution in [0.3, 0.4) is 0 Å². The third kappa shape index (κ3) is 3.66. The number of anilines is 1. The van der Waals surface area contributed by atoms with Crippen LogP contribution in [0.5, 0.6) is 0 Å². The summed E-state index contributed by atoms with van der Waals surface area (Å²) in [5, 5.41) is 13.9. The number of nitro groups is 1. The molecular formula is C13H11F2N3O2S. The summed E-state index contributed by atoms with van der Waals surface area (Å²) in [6.45, 7) is 0. The molecule has 0 saturated heterocycles. The van der Waals surface area contributed by atoms with Gasteiger partial charge in [0.25, 0.3) is 11.4 Å². The molecule has 0 unspecified atom stereocenters. The molecule has 0 saturated carbocycles. The van der Waals surface area contributed by atoms with Crippen LogP contribution in [0.2, 0.25) is 0 Å². The Hall–Kier alpha value is -2.22. The van der Waals surface area contributed by atoms with Crippen LogP contribution in [-0.2, 0) is 0 Å². The minimum Gasteiger partial charge on any atom is -0.373 e. The van der Waals surface area contributed by atoms with E-state index in [2.05, 4.69) is 10.3 Å². The average molecular weight is 311 g/mol. The van der Waals surface area contributed by atoms with Gasteiger partial charge in [0.15, 0.2) is 5.69 Å². The van der Waals surface area contributed by atoms with E-state index in [1.165, 1.54) is 24.3 Å². The van der Waals surface area contributed by atoms with Crippen LogP contribution < -0.4 is 5.32 Å². The van der Waals surface area contributed by atoms with E-state index in [1.807, 2.05) is 0 Å². The van der Waals surface area contributed by atoms with Crippen molar-refractivity contribution in [2.45, 2.75) is 10.7 Å². The van der Waals surface area contributed by atoms with Gasteiger partial charge in [-0.15, -0.1) is 0 Å². The molecule has 0 aliphatic carbocycles. The summed E-state index contributed by atoms with van der Waals surface area (Å²) in [5.74, 6) is -2.02. The molecule has 0 atom stereocenters. The van der Waals surface area contributed by atoms with Crippen LogP contribution in [0.25, 0.3) is 11.3 Å². The van der Waals surface area contributed by atoms with Gasteiger partial charge in [-0.2, -0.15) is 8.78 Å². The zero-order valence-corrected chi connectivity index (χ0v) is 11.7. The molecule has 0 spiro atoms. The van der Waals surface area contributed by atoms with E-state index in [4.69, 9.17) is 0 Å². The quantitative estimate of drug-likeness (QED) is 0.513. The van der Waals surface area contributed by atoms with Crippen LogP contribution in [0.1, 0.15) is 0 Å². The summed E-state index contributed by atoms with van der Waals surface area (Å²) in [6.07, 6.45) is 0. The van der Waals surface area contributed by atoms with Gasteiger partial charge >= 0.3 is 0 Å². The van der Waals surface area contributed by atoms with Crippen molar-refractivity contribution in [3.8, 4) is 11.3 Å². The summed E-state index contributed by atoms with van der Waals surface area (Å²) in [7, 11) is 1.65. The fraction of sp³-hybridized carbons (Fsp3) is 0.154. The Morgan fingerprint density at radius 1 is 1.24 bits per heavy atom. The molecule has 2 aromatic rings. The molecule has 0 radical (unpaired) electrons. The minimum absolute atomic E-state index is 0.136. The van der Waals surface area contributed by atoms with Crippen LogP contribution in [0.15, 0.2) is 41.3 Å². The van der Waals surface area contributed by atoms with Crippen molar-refractivity contribution >= 4 is 23.3 Å². The fourth-order valence-corrected chi connectivity index (χ4v) is 2.24. The molecule has 5 nitrogen and oxygen atoms in total. The first-order valence-electron chi connectivity index (χ1n) is 5.89. The predicted molar refractivity (Wildman–Crippen MR) is 77.7 cm³/mol. The highest BCUT2D eigenvalue weighted by Crippen LogP contribution is 2.32. The van der Waals surface area contributed by atoms with E-state index in [9.17, 15) is 18.9 Å². The Labute approximate surface area is 123 Å². The lowest BCUT2D eigenvalue weighted by atomic mass is 10.1. The van der Waals surface area contributed by atoms with Crippen LogP contribution in [-0.4, -0.2) is 22.7 Å². The normalized spacial score (nSPS) is 10.7. The molecule has 1 aromatic carbocycles. The summed E-state index contributed by atoms with van der Waals surface area (Å²) in [4.78, 5) is 15.1. The minimum atomic E-state index is -2.50. The van der Waals surface area contributed by atoms with Gasteiger partial charge in [-0.25, -0.2) is 4.98 Å². The second-order valence-electron chi connectivity index (χ2n) is 3.97. The van der Waals surface area contributed by atoms with Crippen molar-refractivity contribution in [1.82, 2.24) is 4.98 Å². The number of nitrogens with one attached hydrogen (secondary N) is 1. The first kappa shape index (κ1) is 15.2. The SMILES string of the molecule is CNc1ccc([N+](=O)[O-])c(-c2ccc(SC(F)F)cc2)n1. The Morgan fingerprint density at radius 3 is 2.43 bits per heavy atom. The Kier molecular flexibility index (Phi) is 4.69. The number of hydrogen-bond donors (Lipinski definition) is 1. The lowest BCUT2D eigenvalue weighted by Gasteiger charge is -2.06. The van der Waals surface area contributed by atoms with Crippen LogP contribution >= 0.6 is 11.8 Å². The van der Waals surface area contributed by atoms with Gasteiger partial charge < -0.3 is 5.32 Å². The van der Waals surface area contributed by atoms with Gasteiger partial charge in [-0.3, -0.25) is 10.1 Å². The van der Waals surface area contributed by atoms with Gasteiger partial charge in [-0.1, -0.05) is 23.9 Å².